The van der Waals surface area contributed by atoms with Gasteiger partial charge in [0.25, 0.3) is 0 Å². The standard InChI is InChI=1S/C16H16ClFN2O4/c1-22-10-5-4-9(13(6-10)23-2)8-19-15-12(18)7-11(14(17)20-15)16(21)24-3/h4-7H,8H2,1-3H3,(H,19,20). The fraction of sp³-hybridized carbons (Fsp3) is 0.250. The van der Waals surface area contributed by atoms with Crippen molar-refractivity contribution in [1.82, 2.24) is 4.98 Å². The fourth-order valence-electron chi connectivity index (χ4n) is 2.02. The molecule has 0 unspecified atom stereocenters. The quantitative estimate of drug-likeness (QED) is 0.634. The normalized spacial score (nSPS) is 10.2. The van der Waals surface area contributed by atoms with E-state index < -0.39 is 11.8 Å². The minimum Gasteiger partial charge on any atom is -0.497 e. The van der Waals surface area contributed by atoms with Gasteiger partial charge in [-0.05, 0) is 18.2 Å². The van der Waals surface area contributed by atoms with Gasteiger partial charge in [0.1, 0.15) is 22.2 Å². The molecule has 1 aromatic carbocycles. The number of nitrogens with one attached hydrogen (secondary N) is 1. The Hall–Kier alpha value is -2.54. The number of ether oxygens (including phenoxy) is 3. The van der Waals surface area contributed by atoms with Crippen molar-refractivity contribution in [3.8, 4) is 11.5 Å². The van der Waals surface area contributed by atoms with Crippen molar-refractivity contribution >= 4 is 23.4 Å². The highest BCUT2D eigenvalue weighted by Crippen LogP contribution is 2.26. The first-order valence-corrected chi connectivity index (χ1v) is 7.27. The number of carbonyl (C=O) groups is 1. The molecule has 0 aliphatic rings. The molecule has 1 heterocycles. The van der Waals surface area contributed by atoms with Crippen molar-refractivity contribution < 1.29 is 23.4 Å². The van der Waals surface area contributed by atoms with Crippen LogP contribution in [0.1, 0.15) is 15.9 Å². The Morgan fingerprint density at radius 2 is 2.00 bits per heavy atom. The van der Waals surface area contributed by atoms with E-state index in [1.165, 1.54) is 14.2 Å². The van der Waals surface area contributed by atoms with E-state index in [1.807, 2.05) is 0 Å². The van der Waals surface area contributed by atoms with E-state index in [1.54, 1.807) is 25.3 Å². The van der Waals surface area contributed by atoms with Crippen LogP contribution in [0.2, 0.25) is 5.15 Å². The van der Waals surface area contributed by atoms with Gasteiger partial charge in [0.2, 0.25) is 0 Å². The summed E-state index contributed by atoms with van der Waals surface area (Å²) in [4.78, 5) is 15.3. The average Bonchev–Trinajstić information content (AvgIpc) is 2.61. The van der Waals surface area contributed by atoms with E-state index in [-0.39, 0.29) is 23.1 Å². The molecule has 0 saturated carbocycles. The minimum absolute atomic E-state index is 0.0782. The van der Waals surface area contributed by atoms with Gasteiger partial charge >= 0.3 is 5.97 Å². The van der Waals surface area contributed by atoms with Crippen LogP contribution in [0.3, 0.4) is 0 Å². The number of hydrogen-bond acceptors (Lipinski definition) is 6. The van der Waals surface area contributed by atoms with Gasteiger partial charge in [-0.25, -0.2) is 14.2 Å². The predicted octanol–water partition coefficient (Wildman–Crippen LogP) is 3.29. The summed E-state index contributed by atoms with van der Waals surface area (Å²) in [6, 6.07) is 6.24. The number of esters is 1. The van der Waals surface area contributed by atoms with Crippen LogP contribution in [0.5, 0.6) is 11.5 Å². The molecular weight excluding hydrogens is 339 g/mol. The number of carbonyl (C=O) groups excluding carboxylic acids is 1. The van der Waals surface area contributed by atoms with Crippen LogP contribution in [0.15, 0.2) is 24.3 Å². The lowest BCUT2D eigenvalue weighted by molar-refractivity contribution is 0.0600. The number of halogens is 2. The zero-order chi connectivity index (χ0) is 17.7. The molecule has 0 atom stereocenters. The summed E-state index contributed by atoms with van der Waals surface area (Å²) < 4.78 is 29.0. The van der Waals surface area contributed by atoms with Crippen molar-refractivity contribution in [3.63, 3.8) is 0 Å². The average molecular weight is 355 g/mol. The summed E-state index contributed by atoms with van der Waals surface area (Å²) in [6.07, 6.45) is 0. The zero-order valence-corrected chi connectivity index (χ0v) is 14.1. The SMILES string of the molecule is COC(=O)c1cc(F)c(NCc2ccc(OC)cc2OC)nc1Cl. The van der Waals surface area contributed by atoms with E-state index in [0.717, 1.165) is 11.6 Å². The molecule has 0 amide bonds. The van der Waals surface area contributed by atoms with Crippen LogP contribution < -0.4 is 14.8 Å². The van der Waals surface area contributed by atoms with Gasteiger partial charge in [-0.15, -0.1) is 0 Å². The number of nitrogens with zero attached hydrogens (tertiary/aromatic N) is 1. The summed E-state index contributed by atoms with van der Waals surface area (Å²) in [6.45, 7) is 0.241. The number of methoxy groups -OCH3 is 3. The smallest absolute Gasteiger partial charge is 0.341 e. The Bertz CT molecular complexity index is 755. The molecule has 1 N–H and O–H groups in total. The number of benzene rings is 1. The first kappa shape index (κ1) is 17.8. The first-order valence-electron chi connectivity index (χ1n) is 6.89. The van der Waals surface area contributed by atoms with Gasteiger partial charge in [-0.3, -0.25) is 0 Å². The summed E-state index contributed by atoms with van der Waals surface area (Å²) >= 11 is 5.90. The van der Waals surface area contributed by atoms with E-state index in [2.05, 4.69) is 15.0 Å². The van der Waals surface area contributed by atoms with Gasteiger partial charge in [0, 0.05) is 18.2 Å². The van der Waals surface area contributed by atoms with E-state index >= 15 is 0 Å². The Labute approximate surface area is 143 Å². The van der Waals surface area contributed by atoms with Crippen molar-refractivity contribution in [3.05, 3.63) is 46.4 Å². The molecular formula is C16H16ClFN2O4. The molecule has 0 spiro atoms. The lowest BCUT2D eigenvalue weighted by atomic mass is 10.2. The summed E-state index contributed by atoms with van der Waals surface area (Å²) in [5.74, 6) is -0.322. The molecule has 8 heteroatoms. The number of anilines is 1. The summed E-state index contributed by atoms with van der Waals surface area (Å²) in [5, 5.41) is 2.68. The second kappa shape index (κ2) is 7.83. The topological polar surface area (TPSA) is 69.7 Å². The van der Waals surface area contributed by atoms with Gasteiger partial charge in [-0.1, -0.05) is 11.6 Å². The molecule has 0 radical (unpaired) electrons. The van der Waals surface area contributed by atoms with Crippen molar-refractivity contribution in [2.75, 3.05) is 26.6 Å². The molecule has 0 aliphatic carbocycles. The van der Waals surface area contributed by atoms with Crippen LogP contribution in [-0.4, -0.2) is 32.3 Å². The molecule has 6 nitrogen and oxygen atoms in total. The van der Waals surface area contributed by atoms with Gasteiger partial charge in [0.15, 0.2) is 11.6 Å². The van der Waals surface area contributed by atoms with E-state index in [9.17, 15) is 9.18 Å². The maximum atomic E-state index is 14.1. The molecule has 0 fully saturated rings. The second-order valence-corrected chi connectivity index (χ2v) is 5.04. The first-order chi connectivity index (χ1) is 11.5. The Morgan fingerprint density at radius 3 is 2.62 bits per heavy atom. The highest BCUT2D eigenvalue weighted by molar-refractivity contribution is 6.32. The minimum atomic E-state index is -0.755. The third-order valence-electron chi connectivity index (χ3n) is 3.28. The number of rotatable bonds is 6. The second-order valence-electron chi connectivity index (χ2n) is 4.68. The van der Waals surface area contributed by atoms with Crippen LogP contribution in [0.4, 0.5) is 10.2 Å². The largest absolute Gasteiger partial charge is 0.497 e. The van der Waals surface area contributed by atoms with E-state index in [0.29, 0.717) is 11.5 Å². The van der Waals surface area contributed by atoms with E-state index in [4.69, 9.17) is 21.1 Å². The molecule has 128 valence electrons. The Kier molecular flexibility index (Phi) is 5.81. The summed E-state index contributed by atoms with van der Waals surface area (Å²) in [5.41, 5.74) is 0.636. The number of hydrogen-bond donors (Lipinski definition) is 1. The van der Waals surface area contributed by atoms with Crippen molar-refractivity contribution in [2.24, 2.45) is 0 Å². The van der Waals surface area contributed by atoms with Crippen LogP contribution >= 0.6 is 11.6 Å². The monoisotopic (exact) mass is 354 g/mol. The number of aromatic nitrogens is 1. The van der Waals surface area contributed by atoms with Gasteiger partial charge in [0.05, 0.1) is 21.3 Å². The maximum absolute atomic E-state index is 14.1. The third-order valence-corrected chi connectivity index (χ3v) is 3.56. The lowest BCUT2D eigenvalue weighted by Crippen LogP contribution is -2.09. The van der Waals surface area contributed by atoms with Crippen LogP contribution in [0.25, 0.3) is 0 Å². The third kappa shape index (κ3) is 3.86. The van der Waals surface area contributed by atoms with Crippen LogP contribution in [0, 0.1) is 5.82 Å². The molecule has 2 rings (SSSR count). The zero-order valence-electron chi connectivity index (χ0n) is 13.4. The van der Waals surface area contributed by atoms with Gasteiger partial charge < -0.3 is 19.5 Å². The molecule has 24 heavy (non-hydrogen) atoms. The van der Waals surface area contributed by atoms with Gasteiger partial charge in [-0.2, -0.15) is 0 Å². The molecule has 0 bridgehead atoms. The van der Waals surface area contributed by atoms with Crippen LogP contribution in [-0.2, 0) is 11.3 Å². The molecule has 2 aromatic rings. The molecule has 0 aliphatic heterocycles. The fourth-order valence-corrected chi connectivity index (χ4v) is 2.24. The lowest BCUT2D eigenvalue weighted by Gasteiger charge is -2.13. The van der Waals surface area contributed by atoms with Crippen molar-refractivity contribution in [1.29, 1.82) is 0 Å². The van der Waals surface area contributed by atoms with Crippen molar-refractivity contribution in [2.45, 2.75) is 6.54 Å². The predicted molar refractivity (Wildman–Crippen MR) is 87.4 cm³/mol. The maximum Gasteiger partial charge on any atom is 0.341 e. The highest BCUT2D eigenvalue weighted by atomic mass is 35.5. The molecule has 1 aromatic heterocycles. The highest BCUT2D eigenvalue weighted by Gasteiger charge is 2.17. The Balaban J connectivity index is 2.21. The molecule has 0 saturated heterocycles. The number of pyridine rings is 1. The Morgan fingerprint density at radius 1 is 1.25 bits per heavy atom. The summed E-state index contributed by atoms with van der Waals surface area (Å²) in [7, 11) is 4.26.